The van der Waals surface area contributed by atoms with Crippen LogP contribution in [0.4, 0.5) is 0 Å². The van der Waals surface area contributed by atoms with E-state index in [1.165, 1.54) is 19.1 Å². The number of aromatic nitrogens is 4. The fraction of sp³-hybridized carbons (Fsp3) is 0.308. The number of azide groups is 1. The Balaban J connectivity index is 1.38. The summed E-state index contributed by atoms with van der Waals surface area (Å²) in [4.78, 5) is 37.9. The van der Waals surface area contributed by atoms with Gasteiger partial charge < -0.3 is 29.2 Å². The molecule has 0 spiro atoms. The third-order valence-corrected chi connectivity index (χ3v) is 8.22. The number of hydrogen-bond acceptors (Lipinski definition) is 12. The number of carbonyl (C=O) groups excluding carboxylic acids is 1. The summed E-state index contributed by atoms with van der Waals surface area (Å²) >= 11 is 0. The van der Waals surface area contributed by atoms with Gasteiger partial charge in [0.15, 0.2) is 17.4 Å². The van der Waals surface area contributed by atoms with Crippen LogP contribution in [0.15, 0.2) is 83.2 Å². The van der Waals surface area contributed by atoms with Crippen LogP contribution in [0.2, 0.25) is 0 Å². The monoisotopic (exact) mass is 626 g/mol. The third kappa shape index (κ3) is 6.49. The van der Waals surface area contributed by atoms with Crippen molar-refractivity contribution in [1.82, 2.24) is 24.6 Å². The number of para-hydroxylation sites is 1. The van der Waals surface area contributed by atoms with Gasteiger partial charge in [0.05, 0.1) is 19.3 Å². The maximum atomic E-state index is 14.0. The molecule has 44 heavy (non-hydrogen) atoms. The van der Waals surface area contributed by atoms with E-state index in [9.17, 15) is 29.9 Å². The van der Waals surface area contributed by atoms with E-state index < -0.39 is 56.1 Å². The number of aliphatic hydroxyl groups is 2. The number of nitrogens with zero attached hydrogens (tertiary/aromatic N) is 6. The number of fused-ring (bicyclic) bond motifs is 1. The van der Waals surface area contributed by atoms with Crippen LogP contribution in [0.25, 0.3) is 21.6 Å². The van der Waals surface area contributed by atoms with E-state index in [4.69, 9.17) is 18.5 Å². The molecule has 1 saturated heterocycles. The van der Waals surface area contributed by atoms with Crippen molar-refractivity contribution in [1.29, 1.82) is 0 Å². The maximum Gasteiger partial charge on any atom is 0.459 e. The highest BCUT2D eigenvalue weighted by atomic mass is 31.2. The molecule has 5 rings (SSSR count). The normalized spacial score (nSPS) is 23.4. The lowest BCUT2D eigenvalue weighted by atomic mass is 10.1. The predicted octanol–water partition coefficient (Wildman–Crippen LogP) is 2.30. The van der Waals surface area contributed by atoms with Crippen LogP contribution in [-0.4, -0.2) is 66.3 Å². The van der Waals surface area contributed by atoms with Gasteiger partial charge in [0.25, 0.3) is 5.56 Å². The Morgan fingerprint density at radius 1 is 1.23 bits per heavy atom. The van der Waals surface area contributed by atoms with Crippen molar-refractivity contribution >= 4 is 24.9 Å². The molecule has 17 nitrogen and oxygen atoms in total. The van der Waals surface area contributed by atoms with Crippen molar-refractivity contribution in [3.8, 4) is 5.75 Å². The molecule has 0 amide bonds. The Kier molecular flexibility index (Phi) is 9.08. The third-order valence-electron chi connectivity index (χ3n) is 6.60. The van der Waals surface area contributed by atoms with Crippen molar-refractivity contribution in [2.75, 3.05) is 6.61 Å². The number of aromatic amines is 1. The minimum atomic E-state index is -4.52. The van der Waals surface area contributed by atoms with Gasteiger partial charge in [-0.15, -0.1) is 0 Å². The molecule has 1 aliphatic heterocycles. The number of nitrogens with one attached hydrogen (secondary N) is 2. The predicted molar refractivity (Wildman–Crippen MR) is 152 cm³/mol. The molecule has 0 saturated carbocycles. The number of ether oxygens (including phenoxy) is 2. The van der Waals surface area contributed by atoms with Crippen molar-refractivity contribution < 1.29 is 38.1 Å². The van der Waals surface area contributed by atoms with Crippen molar-refractivity contribution in [3.63, 3.8) is 0 Å². The first kappa shape index (κ1) is 30.8. The topological polar surface area (TPSA) is 236 Å². The maximum absolute atomic E-state index is 14.0. The van der Waals surface area contributed by atoms with E-state index in [1.54, 1.807) is 42.5 Å². The fourth-order valence-electron chi connectivity index (χ4n) is 4.38. The van der Waals surface area contributed by atoms with E-state index in [-0.39, 0.29) is 23.5 Å². The van der Waals surface area contributed by atoms with E-state index in [2.05, 4.69) is 30.1 Å². The molecule has 18 heteroatoms. The quantitative estimate of drug-likeness (QED) is 0.0583. The van der Waals surface area contributed by atoms with Crippen molar-refractivity contribution in [2.24, 2.45) is 5.11 Å². The zero-order valence-corrected chi connectivity index (χ0v) is 23.9. The molecule has 3 heterocycles. The summed E-state index contributed by atoms with van der Waals surface area (Å²) in [6.07, 6.45) is -2.89. The van der Waals surface area contributed by atoms with Crippen LogP contribution in [-0.2, 0) is 30.0 Å². The summed E-state index contributed by atoms with van der Waals surface area (Å²) in [6.45, 7) is 0.412. The Hall–Kier alpha value is -4.60. The highest BCUT2D eigenvalue weighted by Crippen LogP contribution is 2.48. The van der Waals surface area contributed by atoms with Gasteiger partial charge in [0.1, 0.15) is 30.6 Å². The van der Waals surface area contributed by atoms with Crippen LogP contribution in [0.3, 0.4) is 0 Å². The van der Waals surface area contributed by atoms with Gasteiger partial charge in [-0.3, -0.25) is 18.7 Å². The number of carbonyl (C=O) groups is 1. The van der Waals surface area contributed by atoms with Crippen LogP contribution in [0.5, 0.6) is 5.75 Å². The van der Waals surface area contributed by atoms with Crippen molar-refractivity contribution in [2.45, 2.75) is 43.7 Å². The number of hydrogen-bond donors (Lipinski definition) is 4. The lowest BCUT2D eigenvalue weighted by molar-refractivity contribution is -0.146. The second-order valence-electron chi connectivity index (χ2n) is 9.65. The summed E-state index contributed by atoms with van der Waals surface area (Å²) in [6, 6.07) is 15.6. The first-order valence-electron chi connectivity index (χ1n) is 13.1. The van der Waals surface area contributed by atoms with Crippen LogP contribution >= 0.6 is 7.75 Å². The lowest BCUT2D eigenvalue weighted by Gasteiger charge is -2.29. The van der Waals surface area contributed by atoms with Crippen LogP contribution < -0.4 is 15.2 Å². The van der Waals surface area contributed by atoms with E-state index in [0.717, 1.165) is 22.8 Å². The Morgan fingerprint density at radius 3 is 2.64 bits per heavy atom. The Labute approximate surface area is 248 Å². The SMILES string of the molecule is C[C@H](NP(=O)(OC[C@@]1(N=[N+]=[N-])O[C@@H](n2cnc3c(=O)[nH]cnc32)[C@H](O)[C@@H]1O)Oc1ccccc1)C(=O)OCc1ccccc1. The Morgan fingerprint density at radius 2 is 1.93 bits per heavy atom. The average molecular weight is 627 g/mol. The first-order valence-corrected chi connectivity index (χ1v) is 14.7. The molecule has 0 aliphatic carbocycles. The molecule has 4 N–H and O–H groups in total. The highest BCUT2D eigenvalue weighted by molar-refractivity contribution is 7.52. The van der Waals surface area contributed by atoms with Gasteiger partial charge in [-0.05, 0) is 30.2 Å². The molecular weight excluding hydrogens is 599 g/mol. The van der Waals surface area contributed by atoms with Gasteiger partial charge in [-0.2, -0.15) is 5.09 Å². The largest absolute Gasteiger partial charge is 0.460 e. The zero-order valence-electron chi connectivity index (χ0n) is 23.0. The minimum Gasteiger partial charge on any atom is -0.460 e. The van der Waals surface area contributed by atoms with Gasteiger partial charge in [0.2, 0.25) is 5.72 Å². The number of esters is 1. The summed E-state index contributed by atoms with van der Waals surface area (Å²) in [7, 11) is -4.52. The number of rotatable bonds is 12. The number of aliphatic hydroxyl groups excluding tert-OH is 2. The smallest absolute Gasteiger partial charge is 0.459 e. The van der Waals surface area contributed by atoms with Crippen molar-refractivity contribution in [3.05, 3.63) is 99.7 Å². The van der Waals surface area contributed by atoms with Gasteiger partial charge >= 0.3 is 13.7 Å². The zero-order chi connectivity index (χ0) is 31.3. The molecule has 0 bridgehead atoms. The summed E-state index contributed by atoms with van der Waals surface area (Å²) in [5, 5.41) is 27.9. The number of H-pyrrole nitrogens is 1. The standard InChI is InChI=1S/C26H27N8O9P/c1-16(25(38)40-12-17-8-4-2-5-9-17)31-44(39,43-18-10-6-3-7-11-18)41-13-26(32-33-27)21(36)20(35)24(42-26)34-15-30-19-22(34)28-14-29-23(19)37/h2-11,14-16,20-21,24,35-36H,12-13H2,1H3,(H,31,39)(H,28,29,37)/t16-,20+,21-,24+,26+,44?/m0/s1. The lowest BCUT2D eigenvalue weighted by Crippen LogP contribution is -2.45. The highest BCUT2D eigenvalue weighted by Gasteiger charge is 2.56. The van der Waals surface area contributed by atoms with Gasteiger partial charge in [-0.25, -0.2) is 14.5 Å². The molecule has 0 radical (unpaired) electrons. The molecule has 1 fully saturated rings. The molecule has 1 aliphatic rings. The fourth-order valence-corrected chi connectivity index (χ4v) is 5.89. The van der Waals surface area contributed by atoms with Gasteiger partial charge in [0, 0.05) is 4.91 Å². The van der Waals surface area contributed by atoms with Crippen LogP contribution in [0, 0.1) is 0 Å². The summed E-state index contributed by atoms with van der Waals surface area (Å²) in [5.41, 5.74) is 7.08. The molecule has 6 atom stereocenters. The number of benzene rings is 2. The summed E-state index contributed by atoms with van der Waals surface area (Å²) < 4.78 is 37.5. The molecule has 1 unspecified atom stereocenters. The molecule has 230 valence electrons. The van der Waals surface area contributed by atoms with Crippen LogP contribution in [0.1, 0.15) is 18.7 Å². The van der Waals surface area contributed by atoms with E-state index >= 15 is 0 Å². The first-order chi connectivity index (χ1) is 21.1. The summed E-state index contributed by atoms with van der Waals surface area (Å²) in [5.74, 6) is -0.681. The average Bonchev–Trinajstić information content (AvgIpc) is 3.56. The Bertz CT molecular complexity index is 1770. The van der Waals surface area contributed by atoms with Gasteiger partial charge in [-0.1, -0.05) is 53.6 Å². The molecule has 2 aromatic carbocycles. The van der Waals surface area contributed by atoms with E-state index in [0.29, 0.717) is 0 Å². The second kappa shape index (κ2) is 13.0. The number of imidazole rings is 1. The molecule has 2 aromatic heterocycles. The molecular formula is C26H27N8O9P. The molecule has 4 aromatic rings. The second-order valence-corrected chi connectivity index (χ2v) is 11.3. The minimum absolute atomic E-state index is 0.00486. The van der Waals surface area contributed by atoms with E-state index in [1.807, 2.05) is 6.07 Å².